The van der Waals surface area contributed by atoms with Gasteiger partial charge >= 0.3 is 0 Å². The monoisotopic (exact) mass is 351 g/mol. The fraction of sp³-hybridized carbons (Fsp3) is 0.200. The minimum absolute atomic E-state index is 0.00209. The Kier molecular flexibility index (Phi) is 3.85. The lowest BCUT2D eigenvalue weighted by Crippen LogP contribution is -2.42. The Labute approximate surface area is 151 Å². The summed E-state index contributed by atoms with van der Waals surface area (Å²) < 4.78 is 0. The lowest BCUT2D eigenvalue weighted by atomic mass is 10.0. The van der Waals surface area contributed by atoms with Crippen molar-refractivity contribution >= 4 is 34.1 Å². The Morgan fingerprint density at radius 1 is 1.20 bits per heavy atom. The van der Waals surface area contributed by atoms with Crippen LogP contribution in [0.3, 0.4) is 0 Å². The van der Waals surface area contributed by atoms with Gasteiger partial charge in [-0.1, -0.05) is 41.9 Å². The van der Waals surface area contributed by atoms with Gasteiger partial charge in [-0.05, 0) is 37.6 Å². The first-order valence-corrected chi connectivity index (χ1v) is 8.70. The molecule has 0 spiro atoms. The van der Waals surface area contributed by atoms with Crippen molar-refractivity contribution in [1.82, 2.24) is 9.88 Å². The molecule has 5 heteroatoms. The van der Waals surface area contributed by atoms with Crippen molar-refractivity contribution < 1.29 is 4.79 Å². The molecule has 1 aromatic heterocycles. The number of benzene rings is 2. The zero-order chi connectivity index (χ0) is 17.6. The second kappa shape index (κ2) is 6.05. The van der Waals surface area contributed by atoms with Crippen molar-refractivity contribution in [3.63, 3.8) is 0 Å². The van der Waals surface area contributed by atoms with Crippen LogP contribution >= 0.6 is 11.6 Å². The molecule has 1 N–H and O–H groups in total. The molecule has 1 aliphatic heterocycles. The molecule has 126 valence electrons. The molecule has 0 unspecified atom stereocenters. The molecule has 0 saturated heterocycles. The van der Waals surface area contributed by atoms with Gasteiger partial charge in [0.2, 0.25) is 0 Å². The number of hydrogen-bond donors (Lipinski definition) is 1. The van der Waals surface area contributed by atoms with Gasteiger partial charge in [-0.25, -0.2) is 4.98 Å². The van der Waals surface area contributed by atoms with E-state index in [1.165, 1.54) is 0 Å². The quantitative estimate of drug-likeness (QED) is 0.675. The minimum atomic E-state index is -0.336. The molecule has 1 amide bonds. The number of fused-ring (bicyclic) bond motifs is 2. The van der Waals surface area contributed by atoms with Crippen LogP contribution < -0.4 is 5.32 Å². The number of nitrogens with one attached hydrogen (secondary N) is 1. The van der Waals surface area contributed by atoms with Crippen LogP contribution in [0.25, 0.3) is 10.9 Å². The second-order valence-electron chi connectivity index (χ2n) is 6.20. The van der Waals surface area contributed by atoms with Gasteiger partial charge in [0, 0.05) is 23.2 Å². The van der Waals surface area contributed by atoms with Gasteiger partial charge in [-0.3, -0.25) is 4.79 Å². The van der Waals surface area contributed by atoms with Crippen LogP contribution in [0, 0.1) is 6.92 Å². The highest BCUT2D eigenvalue weighted by Crippen LogP contribution is 2.36. The Balaban J connectivity index is 1.87. The molecule has 25 heavy (non-hydrogen) atoms. The first-order chi connectivity index (χ1) is 12.1. The van der Waals surface area contributed by atoms with E-state index in [2.05, 4.69) is 10.3 Å². The number of anilines is 1. The summed E-state index contributed by atoms with van der Waals surface area (Å²) in [6.45, 7) is 4.56. The maximum atomic E-state index is 12.9. The number of aromatic nitrogens is 1. The summed E-state index contributed by atoms with van der Waals surface area (Å²) in [6.07, 6.45) is -0.336. The van der Waals surface area contributed by atoms with Gasteiger partial charge in [-0.2, -0.15) is 0 Å². The summed E-state index contributed by atoms with van der Waals surface area (Å²) in [7, 11) is 0. The van der Waals surface area contributed by atoms with E-state index in [4.69, 9.17) is 11.6 Å². The standard InChI is InChI=1S/C20H18ClN3O/c1-3-24-19(22-16-10-5-4-9-14(16)20(24)25)15-11-13-8-6-7-12(2)17(13)23-18(15)21/h4-11,19,22H,3H2,1-2H3/t19-/m0/s1. The van der Waals surface area contributed by atoms with Crippen LogP contribution in [0.4, 0.5) is 5.69 Å². The van der Waals surface area contributed by atoms with Crippen molar-refractivity contribution in [3.05, 3.63) is 70.4 Å². The number of aryl methyl sites for hydroxylation is 1. The van der Waals surface area contributed by atoms with Crippen LogP contribution in [0.1, 0.15) is 34.6 Å². The molecule has 0 saturated carbocycles. The summed E-state index contributed by atoms with van der Waals surface area (Å²) in [5, 5.41) is 4.88. The Morgan fingerprint density at radius 2 is 2.00 bits per heavy atom. The second-order valence-corrected chi connectivity index (χ2v) is 6.56. The van der Waals surface area contributed by atoms with Crippen LogP contribution in [0.5, 0.6) is 0 Å². The van der Waals surface area contributed by atoms with Crippen molar-refractivity contribution in [2.24, 2.45) is 0 Å². The van der Waals surface area contributed by atoms with E-state index in [9.17, 15) is 4.79 Å². The number of nitrogens with zero attached hydrogens (tertiary/aromatic N) is 2. The van der Waals surface area contributed by atoms with Crippen LogP contribution in [-0.4, -0.2) is 22.3 Å². The topological polar surface area (TPSA) is 45.2 Å². The molecule has 0 aliphatic carbocycles. The van der Waals surface area contributed by atoms with E-state index < -0.39 is 0 Å². The Morgan fingerprint density at radius 3 is 2.80 bits per heavy atom. The average molecular weight is 352 g/mol. The molecular weight excluding hydrogens is 334 g/mol. The highest BCUT2D eigenvalue weighted by atomic mass is 35.5. The number of carbonyl (C=O) groups excluding carboxylic acids is 1. The molecule has 0 radical (unpaired) electrons. The van der Waals surface area contributed by atoms with Crippen LogP contribution in [0.2, 0.25) is 5.15 Å². The fourth-order valence-electron chi connectivity index (χ4n) is 3.40. The highest BCUT2D eigenvalue weighted by Gasteiger charge is 2.33. The molecule has 0 fully saturated rings. The average Bonchev–Trinajstić information content (AvgIpc) is 2.62. The van der Waals surface area contributed by atoms with E-state index in [0.717, 1.165) is 27.7 Å². The van der Waals surface area contributed by atoms with Gasteiger partial charge in [0.25, 0.3) is 5.91 Å². The zero-order valence-corrected chi connectivity index (χ0v) is 14.8. The maximum absolute atomic E-state index is 12.9. The molecule has 1 aliphatic rings. The Bertz CT molecular complexity index is 986. The summed E-state index contributed by atoms with van der Waals surface area (Å²) in [5.74, 6) is 0.00209. The molecule has 2 heterocycles. The van der Waals surface area contributed by atoms with Gasteiger partial charge in [-0.15, -0.1) is 0 Å². The van der Waals surface area contributed by atoms with Gasteiger partial charge in [0.15, 0.2) is 0 Å². The summed E-state index contributed by atoms with van der Waals surface area (Å²) in [6, 6.07) is 15.6. The van der Waals surface area contributed by atoms with Crippen molar-refractivity contribution in [2.45, 2.75) is 20.0 Å². The summed E-state index contributed by atoms with van der Waals surface area (Å²) >= 11 is 6.52. The smallest absolute Gasteiger partial charge is 0.257 e. The largest absolute Gasteiger partial charge is 0.361 e. The molecular formula is C20H18ClN3O. The Hall–Kier alpha value is -2.59. The van der Waals surface area contributed by atoms with E-state index in [0.29, 0.717) is 17.3 Å². The van der Waals surface area contributed by atoms with Gasteiger partial charge in [0.1, 0.15) is 11.3 Å². The molecule has 4 nitrogen and oxygen atoms in total. The predicted molar refractivity (Wildman–Crippen MR) is 101 cm³/mol. The van der Waals surface area contributed by atoms with E-state index in [-0.39, 0.29) is 12.1 Å². The zero-order valence-electron chi connectivity index (χ0n) is 14.1. The molecule has 0 bridgehead atoms. The van der Waals surface area contributed by atoms with Gasteiger partial charge in [0.05, 0.1) is 11.1 Å². The van der Waals surface area contributed by atoms with Crippen LogP contribution in [-0.2, 0) is 0 Å². The number of rotatable bonds is 2. The van der Waals surface area contributed by atoms with Crippen molar-refractivity contribution in [2.75, 3.05) is 11.9 Å². The number of amides is 1. The maximum Gasteiger partial charge on any atom is 0.257 e. The van der Waals surface area contributed by atoms with Crippen molar-refractivity contribution in [1.29, 1.82) is 0 Å². The SMILES string of the molecule is CCN1C(=O)c2ccccc2N[C@@H]1c1cc2cccc(C)c2nc1Cl. The van der Waals surface area contributed by atoms with Crippen molar-refractivity contribution in [3.8, 4) is 0 Å². The first-order valence-electron chi connectivity index (χ1n) is 8.32. The third-order valence-corrected chi connectivity index (χ3v) is 4.99. The molecule has 2 aromatic carbocycles. The number of pyridine rings is 1. The normalized spacial score (nSPS) is 16.7. The minimum Gasteiger partial charge on any atom is -0.361 e. The number of carbonyl (C=O) groups is 1. The molecule has 4 rings (SSSR count). The number of para-hydroxylation sites is 2. The fourth-order valence-corrected chi connectivity index (χ4v) is 3.64. The number of halogens is 1. The van der Waals surface area contributed by atoms with Crippen LogP contribution in [0.15, 0.2) is 48.5 Å². The van der Waals surface area contributed by atoms with Gasteiger partial charge < -0.3 is 10.2 Å². The summed E-state index contributed by atoms with van der Waals surface area (Å²) in [5.41, 5.74) is 4.28. The van der Waals surface area contributed by atoms with E-state index in [1.54, 1.807) is 4.90 Å². The third kappa shape index (κ3) is 2.53. The van der Waals surface area contributed by atoms with E-state index >= 15 is 0 Å². The lowest BCUT2D eigenvalue weighted by Gasteiger charge is -2.37. The van der Waals surface area contributed by atoms with E-state index in [1.807, 2.05) is 62.4 Å². The molecule has 3 aromatic rings. The highest BCUT2D eigenvalue weighted by molar-refractivity contribution is 6.30. The third-order valence-electron chi connectivity index (χ3n) is 4.69. The number of hydrogen-bond acceptors (Lipinski definition) is 3. The predicted octanol–water partition coefficient (Wildman–Crippen LogP) is 4.78. The summed E-state index contributed by atoms with van der Waals surface area (Å²) in [4.78, 5) is 19.3. The first kappa shape index (κ1) is 15.9. The molecule has 1 atom stereocenters. The lowest BCUT2D eigenvalue weighted by molar-refractivity contribution is 0.0695.